The summed E-state index contributed by atoms with van der Waals surface area (Å²) in [6, 6.07) is 20.5. The lowest BCUT2D eigenvalue weighted by molar-refractivity contribution is -0.134. The van der Waals surface area contributed by atoms with Crippen molar-refractivity contribution in [3.8, 4) is 11.1 Å². The van der Waals surface area contributed by atoms with Crippen molar-refractivity contribution < 1.29 is 19.8 Å². The zero-order chi connectivity index (χ0) is 22.8. The van der Waals surface area contributed by atoms with Crippen LogP contribution in [-0.2, 0) is 16.1 Å². The van der Waals surface area contributed by atoms with Crippen LogP contribution in [0.3, 0.4) is 0 Å². The number of nitrogens with one attached hydrogen (secondary N) is 1. The van der Waals surface area contributed by atoms with Crippen LogP contribution in [-0.4, -0.2) is 52.7 Å². The van der Waals surface area contributed by atoms with E-state index in [9.17, 15) is 9.59 Å². The van der Waals surface area contributed by atoms with Crippen molar-refractivity contribution in [1.29, 1.82) is 0 Å². The third-order valence-electron chi connectivity index (χ3n) is 5.86. The zero-order valence-corrected chi connectivity index (χ0v) is 18.3. The van der Waals surface area contributed by atoms with E-state index in [2.05, 4.69) is 64.8 Å². The van der Waals surface area contributed by atoms with Gasteiger partial charge in [-0.3, -0.25) is 4.90 Å². The van der Waals surface area contributed by atoms with Crippen molar-refractivity contribution >= 4 is 11.9 Å². The largest absolute Gasteiger partial charge is 0.478 e. The van der Waals surface area contributed by atoms with Crippen molar-refractivity contribution in [2.45, 2.75) is 38.3 Å². The van der Waals surface area contributed by atoms with Crippen molar-refractivity contribution in [1.82, 2.24) is 10.2 Å². The summed E-state index contributed by atoms with van der Waals surface area (Å²) in [6.45, 7) is 4.72. The first-order chi connectivity index (χ1) is 15.5. The first-order valence-electron chi connectivity index (χ1n) is 11.2. The van der Waals surface area contributed by atoms with Crippen LogP contribution in [0.2, 0.25) is 0 Å². The topological polar surface area (TPSA) is 89.9 Å². The van der Waals surface area contributed by atoms with Crippen LogP contribution in [0.15, 0.2) is 66.7 Å². The highest BCUT2D eigenvalue weighted by molar-refractivity contribution is 5.89. The van der Waals surface area contributed by atoms with E-state index in [-0.39, 0.29) is 0 Å². The minimum absolute atomic E-state index is 0.558. The molecule has 170 valence electrons. The van der Waals surface area contributed by atoms with Gasteiger partial charge in [0.25, 0.3) is 0 Å². The van der Waals surface area contributed by atoms with Crippen LogP contribution in [0, 0.1) is 5.92 Å². The Bertz CT molecular complexity index is 887. The molecule has 2 aromatic rings. The quantitative estimate of drug-likeness (QED) is 0.542. The SMILES string of the molecule is O=C(O)C=CC(=O)O.c1ccc(-c2ccccc2CN(CC2CC2)C2CCNCC2)cc1. The van der Waals surface area contributed by atoms with E-state index in [1.807, 2.05) is 0 Å². The molecule has 1 aliphatic carbocycles. The lowest BCUT2D eigenvalue weighted by Gasteiger charge is -2.35. The molecule has 0 unspecified atom stereocenters. The van der Waals surface area contributed by atoms with Gasteiger partial charge in [0.15, 0.2) is 0 Å². The molecule has 0 radical (unpaired) electrons. The Labute approximate surface area is 189 Å². The van der Waals surface area contributed by atoms with Gasteiger partial charge >= 0.3 is 11.9 Å². The van der Waals surface area contributed by atoms with E-state index in [1.54, 1.807) is 0 Å². The highest BCUT2D eigenvalue weighted by atomic mass is 16.4. The average Bonchev–Trinajstić information content (AvgIpc) is 3.63. The van der Waals surface area contributed by atoms with E-state index in [0.717, 1.165) is 18.5 Å². The standard InChI is InChI=1S/C22H28N2.C4H4O4/c1-2-6-19(7-3-1)22-9-5-4-8-20(22)17-24(16-18-10-11-18)21-12-14-23-15-13-21;5-3(6)1-2-4(7)8/h1-9,18,21,23H,10-17H2;1-2H,(H,5,6)(H,7,8). The minimum Gasteiger partial charge on any atom is -0.478 e. The number of benzene rings is 2. The van der Waals surface area contributed by atoms with Gasteiger partial charge in [0.05, 0.1) is 0 Å². The number of carboxylic acids is 2. The smallest absolute Gasteiger partial charge is 0.328 e. The van der Waals surface area contributed by atoms with E-state index in [4.69, 9.17) is 10.2 Å². The Hall–Kier alpha value is -2.96. The third kappa shape index (κ3) is 7.94. The predicted molar refractivity (Wildman–Crippen MR) is 125 cm³/mol. The highest BCUT2D eigenvalue weighted by Crippen LogP contribution is 2.33. The molecular weight excluding hydrogens is 404 g/mol. The van der Waals surface area contributed by atoms with Gasteiger partial charge in [-0.2, -0.15) is 0 Å². The summed E-state index contributed by atoms with van der Waals surface area (Å²) in [5.74, 6) is -1.57. The van der Waals surface area contributed by atoms with Gasteiger partial charge in [-0.1, -0.05) is 54.6 Å². The maximum Gasteiger partial charge on any atom is 0.328 e. The molecule has 0 bridgehead atoms. The van der Waals surface area contributed by atoms with Gasteiger partial charge in [-0.15, -0.1) is 0 Å². The molecule has 0 aromatic heterocycles. The molecule has 2 fully saturated rings. The van der Waals surface area contributed by atoms with Crippen LogP contribution in [0.5, 0.6) is 0 Å². The lowest BCUT2D eigenvalue weighted by atomic mass is 9.97. The second-order valence-corrected chi connectivity index (χ2v) is 8.39. The first kappa shape index (κ1) is 23.7. The first-order valence-corrected chi connectivity index (χ1v) is 11.2. The highest BCUT2D eigenvalue weighted by Gasteiger charge is 2.29. The predicted octanol–water partition coefficient (Wildman–Crippen LogP) is 4.03. The Kier molecular flexibility index (Phi) is 9.01. The number of rotatable bonds is 8. The van der Waals surface area contributed by atoms with Gasteiger partial charge in [0, 0.05) is 31.3 Å². The van der Waals surface area contributed by atoms with Gasteiger partial charge < -0.3 is 15.5 Å². The minimum atomic E-state index is -1.26. The average molecular weight is 437 g/mol. The summed E-state index contributed by atoms with van der Waals surface area (Å²) in [5.41, 5.74) is 4.21. The fourth-order valence-corrected chi connectivity index (χ4v) is 4.07. The fraction of sp³-hybridized carbons (Fsp3) is 0.385. The van der Waals surface area contributed by atoms with Crippen LogP contribution in [0.4, 0.5) is 0 Å². The Morgan fingerprint density at radius 2 is 1.47 bits per heavy atom. The van der Waals surface area contributed by atoms with Crippen molar-refractivity contribution in [3.63, 3.8) is 0 Å². The molecule has 1 heterocycles. The summed E-state index contributed by atoms with van der Waals surface area (Å²) in [7, 11) is 0. The number of carboxylic acid groups (broad SMARTS) is 2. The van der Waals surface area contributed by atoms with Crippen LogP contribution >= 0.6 is 0 Å². The molecule has 32 heavy (non-hydrogen) atoms. The van der Waals surface area contributed by atoms with Crippen LogP contribution in [0.1, 0.15) is 31.2 Å². The molecule has 0 atom stereocenters. The van der Waals surface area contributed by atoms with Gasteiger partial charge in [-0.05, 0) is 61.4 Å². The second-order valence-electron chi connectivity index (χ2n) is 8.39. The molecule has 1 aliphatic heterocycles. The van der Waals surface area contributed by atoms with Gasteiger partial charge in [0.2, 0.25) is 0 Å². The number of piperidine rings is 1. The van der Waals surface area contributed by atoms with E-state index in [1.165, 1.54) is 62.0 Å². The van der Waals surface area contributed by atoms with E-state index >= 15 is 0 Å². The van der Waals surface area contributed by atoms with Gasteiger partial charge in [0.1, 0.15) is 0 Å². The maximum atomic E-state index is 9.55. The third-order valence-corrected chi connectivity index (χ3v) is 5.86. The maximum absolute atomic E-state index is 9.55. The number of hydrogen-bond donors (Lipinski definition) is 3. The van der Waals surface area contributed by atoms with Crippen molar-refractivity contribution in [2.24, 2.45) is 5.92 Å². The van der Waals surface area contributed by atoms with Crippen LogP contribution < -0.4 is 5.32 Å². The summed E-state index contributed by atoms with van der Waals surface area (Å²) in [4.78, 5) is 21.9. The normalized spacial score (nSPS) is 16.5. The number of hydrogen-bond acceptors (Lipinski definition) is 4. The van der Waals surface area contributed by atoms with E-state index in [0.29, 0.717) is 12.2 Å². The molecule has 3 N–H and O–H groups in total. The molecule has 4 rings (SSSR count). The number of carbonyl (C=O) groups is 2. The van der Waals surface area contributed by atoms with E-state index < -0.39 is 11.9 Å². The number of nitrogens with zero attached hydrogens (tertiary/aromatic N) is 1. The molecule has 6 nitrogen and oxygen atoms in total. The lowest BCUT2D eigenvalue weighted by Crippen LogP contribution is -2.43. The zero-order valence-electron chi connectivity index (χ0n) is 18.3. The van der Waals surface area contributed by atoms with Gasteiger partial charge in [-0.25, -0.2) is 9.59 Å². The van der Waals surface area contributed by atoms with Crippen LogP contribution in [0.25, 0.3) is 11.1 Å². The van der Waals surface area contributed by atoms with Crippen molar-refractivity contribution in [3.05, 3.63) is 72.3 Å². The monoisotopic (exact) mass is 436 g/mol. The summed E-state index contributed by atoms with van der Waals surface area (Å²) in [6.07, 6.45) is 6.56. The summed E-state index contributed by atoms with van der Waals surface area (Å²) in [5, 5.41) is 19.1. The second kappa shape index (κ2) is 12.2. The molecule has 2 aromatic carbocycles. The molecule has 0 spiro atoms. The Morgan fingerprint density at radius 1 is 0.875 bits per heavy atom. The molecule has 1 saturated heterocycles. The Balaban J connectivity index is 0.000000312. The Morgan fingerprint density at radius 3 is 2.06 bits per heavy atom. The van der Waals surface area contributed by atoms with Crippen molar-refractivity contribution in [2.75, 3.05) is 19.6 Å². The molecule has 2 aliphatic rings. The molecular formula is C26H32N2O4. The number of aliphatic carboxylic acids is 2. The fourth-order valence-electron chi connectivity index (χ4n) is 4.07. The summed E-state index contributed by atoms with van der Waals surface area (Å²) >= 11 is 0. The molecule has 0 amide bonds. The molecule has 1 saturated carbocycles. The summed E-state index contributed by atoms with van der Waals surface area (Å²) < 4.78 is 0. The molecule has 6 heteroatoms.